The van der Waals surface area contributed by atoms with E-state index in [1.165, 1.54) is 12.1 Å². The molecule has 20 heavy (non-hydrogen) atoms. The van der Waals surface area contributed by atoms with E-state index in [-0.39, 0.29) is 11.8 Å². The molecule has 1 aromatic heterocycles. The molecule has 0 radical (unpaired) electrons. The summed E-state index contributed by atoms with van der Waals surface area (Å²) in [5, 5.41) is 26.4. The Morgan fingerprint density at radius 1 is 1.45 bits per heavy atom. The molecular weight excluding hydrogens is 260 g/mol. The Kier molecular flexibility index (Phi) is 4.73. The van der Waals surface area contributed by atoms with Crippen molar-refractivity contribution in [3.05, 3.63) is 22.2 Å². The van der Waals surface area contributed by atoms with E-state index < -0.39 is 4.92 Å². The standard InChI is InChI=1S/C13H20N4O3/c1-14-12-6-10(17(19)20)7-13(16-12)15-8-9-3-2-4-11(18)5-9/h6-7,9,11,18H,2-5,8H2,1H3,(H2,14,15,16). The molecule has 0 aromatic carbocycles. The second-order valence-corrected chi connectivity index (χ2v) is 5.17. The highest BCUT2D eigenvalue weighted by molar-refractivity contribution is 5.54. The summed E-state index contributed by atoms with van der Waals surface area (Å²) in [6.45, 7) is 0.675. The molecule has 0 bridgehead atoms. The second-order valence-electron chi connectivity index (χ2n) is 5.17. The average Bonchev–Trinajstić information content (AvgIpc) is 2.45. The third-order valence-corrected chi connectivity index (χ3v) is 3.60. The van der Waals surface area contributed by atoms with Gasteiger partial charge in [0.2, 0.25) is 0 Å². The van der Waals surface area contributed by atoms with Crippen LogP contribution in [0.2, 0.25) is 0 Å². The predicted octanol–water partition coefficient (Wildman–Crippen LogP) is 1.99. The maximum absolute atomic E-state index is 10.9. The van der Waals surface area contributed by atoms with Gasteiger partial charge < -0.3 is 15.7 Å². The van der Waals surface area contributed by atoms with Gasteiger partial charge in [-0.1, -0.05) is 6.42 Å². The van der Waals surface area contributed by atoms with Crippen molar-refractivity contribution in [2.45, 2.75) is 31.8 Å². The van der Waals surface area contributed by atoms with Gasteiger partial charge in [0, 0.05) is 13.6 Å². The lowest BCUT2D eigenvalue weighted by Crippen LogP contribution is -2.25. The number of hydrogen-bond donors (Lipinski definition) is 3. The third-order valence-electron chi connectivity index (χ3n) is 3.60. The zero-order valence-electron chi connectivity index (χ0n) is 11.5. The molecule has 7 nitrogen and oxygen atoms in total. The maximum Gasteiger partial charge on any atom is 0.276 e. The topological polar surface area (TPSA) is 100 Å². The Morgan fingerprint density at radius 2 is 2.20 bits per heavy atom. The molecule has 0 aliphatic heterocycles. The highest BCUT2D eigenvalue weighted by Crippen LogP contribution is 2.25. The van der Waals surface area contributed by atoms with Gasteiger partial charge in [0.15, 0.2) is 0 Å². The number of aromatic nitrogens is 1. The van der Waals surface area contributed by atoms with Crippen LogP contribution in [-0.4, -0.2) is 34.7 Å². The number of aliphatic hydroxyl groups is 1. The van der Waals surface area contributed by atoms with Crippen molar-refractivity contribution in [3.8, 4) is 0 Å². The smallest absolute Gasteiger partial charge is 0.276 e. The van der Waals surface area contributed by atoms with Crippen LogP contribution in [0.1, 0.15) is 25.7 Å². The lowest BCUT2D eigenvalue weighted by molar-refractivity contribution is -0.384. The van der Waals surface area contributed by atoms with Crippen LogP contribution >= 0.6 is 0 Å². The Bertz CT molecular complexity index is 481. The highest BCUT2D eigenvalue weighted by atomic mass is 16.6. The first kappa shape index (κ1) is 14.5. The van der Waals surface area contributed by atoms with Crippen LogP contribution in [0.15, 0.2) is 12.1 Å². The first-order valence-electron chi connectivity index (χ1n) is 6.84. The van der Waals surface area contributed by atoms with E-state index >= 15 is 0 Å². The highest BCUT2D eigenvalue weighted by Gasteiger charge is 2.20. The summed E-state index contributed by atoms with van der Waals surface area (Å²) < 4.78 is 0. The van der Waals surface area contributed by atoms with E-state index in [1.807, 2.05) is 0 Å². The van der Waals surface area contributed by atoms with Gasteiger partial charge in [-0.2, -0.15) is 0 Å². The largest absolute Gasteiger partial charge is 0.393 e. The number of rotatable bonds is 5. The van der Waals surface area contributed by atoms with Crippen LogP contribution in [0.3, 0.4) is 0 Å². The molecule has 1 aliphatic rings. The van der Waals surface area contributed by atoms with E-state index in [4.69, 9.17) is 0 Å². The quantitative estimate of drug-likeness (QED) is 0.563. The second kappa shape index (κ2) is 6.51. The third kappa shape index (κ3) is 3.80. The van der Waals surface area contributed by atoms with Crippen molar-refractivity contribution in [2.75, 3.05) is 24.2 Å². The number of nitro groups is 1. The molecule has 1 heterocycles. The average molecular weight is 280 g/mol. The molecule has 0 amide bonds. The molecule has 3 N–H and O–H groups in total. The fraction of sp³-hybridized carbons (Fsp3) is 0.615. The number of hydrogen-bond acceptors (Lipinski definition) is 6. The lowest BCUT2D eigenvalue weighted by atomic mass is 9.87. The molecule has 2 atom stereocenters. The van der Waals surface area contributed by atoms with Crippen molar-refractivity contribution in [1.82, 2.24) is 4.98 Å². The van der Waals surface area contributed by atoms with Crippen LogP contribution in [-0.2, 0) is 0 Å². The first-order valence-corrected chi connectivity index (χ1v) is 6.84. The minimum Gasteiger partial charge on any atom is -0.393 e. The molecule has 1 saturated carbocycles. The van der Waals surface area contributed by atoms with E-state index in [9.17, 15) is 15.2 Å². The van der Waals surface area contributed by atoms with Crippen LogP contribution in [0.5, 0.6) is 0 Å². The monoisotopic (exact) mass is 280 g/mol. The Hall–Kier alpha value is -1.89. The SMILES string of the molecule is CNc1cc([N+](=O)[O-])cc(NCC2CCCC(O)C2)n1. The number of anilines is 2. The van der Waals surface area contributed by atoms with Gasteiger partial charge in [-0.25, -0.2) is 4.98 Å². The Balaban J connectivity index is 2.01. The van der Waals surface area contributed by atoms with Crippen LogP contribution in [0.4, 0.5) is 17.3 Å². The molecule has 7 heteroatoms. The van der Waals surface area contributed by atoms with E-state index in [2.05, 4.69) is 15.6 Å². The van der Waals surface area contributed by atoms with Crippen molar-refractivity contribution in [3.63, 3.8) is 0 Å². The van der Waals surface area contributed by atoms with Crippen molar-refractivity contribution >= 4 is 17.3 Å². The normalized spacial score (nSPS) is 22.3. The summed E-state index contributed by atoms with van der Waals surface area (Å²) in [6, 6.07) is 2.83. The summed E-state index contributed by atoms with van der Waals surface area (Å²) in [6.07, 6.45) is 3.52. The zero-order chi connectivity index (χ0) is 14.5. The van der Waals surface area contributed by atoms with Gasteiger partial charge in [-0.3, -0.25) is 10.1 Å². The number of pyridine rings is 1. The molecule has 2 rings (SSSR count). The first-order chi connectivity index (χ1) is 9.58. The molecule has 2 unspecified atom stereocenters. The van der Waals surface area contributed by atoms with Crippen molar-refractivity contribution in [2.24, 2.45) is 5.92 Å². The number of aliphatic hydroxyl groups excluding tert-OH is 1. The van der Waals surface area contributed by atoms with Crippen LogP contribution < -0.4 is 10.6 Å². The molecule has 1 fully saturated rings. The fourth-order valence-corrected chi connectivity index (χ4v) is 2.54. The molecule has 1 aromatic rings. The molecule has 0 spiro atoms. The predicted molar refractivity (Wildman–Crippen MR) is 76.9 cm³/mol. The van der Waals surface area contributed by atoms with E-state index in [0.29, 0.717) is 24.1 Å². The summed E-state index contributed by atoms with van der Waals surface area (Å²) in [7, 11) is 1.67. The van der Waals surface area contributed by atoms with Crippen molar-refractivity contribution < 1.29 is 10.0 Å². The maximum atomic E-state index is 10.9. The minimum atomic E-state index is -0.432. The minimum absolute atomic E-state index is 0.00975. The van der Waals surface area contributed by atoms with Crippen LogP contribution in [0, 0.1) is 16.0 Å². The number of nitrogens with zero attached hydrogens (tertiary/aromatic N) is 2. The van der Waals surface area contributed by atoms with Gasteiger partial charge >= 0.3 is 0 Å². The molecular formula is C13H20N4O3. The Morgan fingerprint density at radius 3 is 2.85 bits per heavy atom. The van der Waals surface area contributed by atoms with Gasteiger partial charge in [0.05, 0.1) is 23.2 Å². The molecule has 0 saturated heterocycles. The van der Waals surface area contributed by atoms with Gasteiger partial charge in [-0.05, 0) is 25.2 Å². The van der Waals surface area contributed by atoms with Gasteiger partial charge in [0.25, 0.3) is 5.69 Å². The van der Waals surface area contributed by atoms with Crippen LogP contribution in [0.25, 0.3) is 0 Å². The Labute approximate surface area is 117 Å². The summed E-state index contributed by atoms with van der Waals surface area (Å²) in [5.74, 6) is 1.34. The summed E-state index contributed by atoms with van der Waals surface area (Å²) in [4.78, 5) is 14.7. The van der Waals surface area contributed by atoms with Gasteiger partial charge in [-0.15, -0.1) is 0 Å². The summed E-state index contributed by atoms with van der Waals surface area (Å²) in [5.41, 5.74) is 0.00975. The van der Waals surface area contributed by atoms with E-state index in [1.54, 1.807) is 7.05 Å². The fourth-order valence-electron chi connectivity index (χ4n) is 2.54. The van der Waals surface area contributed by atoms with Gasteiger partial charge in [0.1, 0.15) is 11.6 Å². The lowest BCUT2D eigenvalue weighted by Gasteiger charge is -2.26. The van der Waals surface area contributed by atoms with Crippen molar-refractivity contribution in [1.29, 1.82) is 0 Å². The van der Waals surface area contributed by atoms with E-state index in [0.717, 1.165) is 25.7 Å². The number of nitrogens with one attached hydrogen (secondary N) is 2. The molecule has 1 aliphatic carbocycles. The molecule has 110 valence electrons. The summed E-state index contributed by atoms with van der Waals surface area (Å²) >= 11 is 0. The zero-order valence-corrected chi connectivity index (χ0v) is 11.5.